The highest BCUT2D eigenvalue weighted by molar-refractivity contribution is 7.16. The van der Waals surface area contributed by atoms with Crippen molar-refractivity contribution in [2.45, 2.75) is 25.8 Å². The Kier molecular flexibility index (Phi) is 4.88. The zero-order chi connectivity index (χ0) is 14.7. The zero-order valence-electron chi connectivity index (χ0n) is 11.3. The summed E-state index contributed by atoms with van der Waals surface area (Å²) in [5.41, 5.74) is 5.27. The molecule has 1 saturated heterocycles. The number of halogens is 1. The molecule has 20 heavy (non-hydrogen) atoms. The van der Waals surface area contributed by atoms with Crippen molar-refractivity contribution in [3.8, 4) is 0 Å². The number of piperidine rings is 1. The summed E-state index contributed by atoms with van der Waals surface area (Å²) >= 11 is 7.35. The number of hydrogen-bond donors (Lipinski definition) is 2. The highest BCUT2D eigenvalue weighted by Gasteiger charge is 2.28. The molecule has 3 N–H and O–H groups in total. The first-order chi connectivity index (χ1) is 9.47. The van der Waals surface area contributed by atoms with E-state index in [0.29, 0.717) is 17.4 Å². The maximum atomic E-state index is 12.2. The summed E-state index contributed by atoms with van der Waals surface area (Å²) in [6.45, 7) is 2.96. The van der Waals surface area contributed by atoms with Gasteiger partial charge in [-0.3, -0.25) is 4.79 Å². The lowest BCUT2D eigenvalue weighted by atomic mass is 9.97. The first kappa shape index (κ1) is 15.1. The fourth-order valence-corrected chi connectivity index (χ4v) is 3.42. The molecule has 0 spiro atoms. The minimum atomic E-state index is -0.458. The lowest BCUT2D eigenvalue weighted by Crippen LogP contribution is -2.47. The van der Waals surface area contributed by atoms with E-state index in [4.69, 9.17) is 17.3 Å². The quantitative estimate of drug-likeness (QED) is 0.898. The van der Waals surface area contributed by atoms with Gasteiger partial charge in [0.25, 0.3) is 0 Å². The number of carbonyl (C=O) groups is 2. The third-order valence-electron chi connectivity index (χ3n) is 3.48. The monoisotopic (exact) mass is 315 g/mol. The highest BCUT2D eigenvalue weighted by atomic mass is 35.5. The Bertz CT molecular complexity index is 506. The van der Waals surface area contributed by atoms with Crippen LogP contribution in [0.4, 0.5) is 4.79 Å². The molecule has 2 atom stereocenters. The van der Waals surface area contributed by atoms with Crippen molar-refractivity contribution in [2.75, 3.05) is 13.1 Å². The van der Waals surface area contributed by atoms with Gasteiger partial charge in [-0.1, -0.05) is 11.6 Å². The Morgan fingerprint density at radius 3 is 2.90 bits per heavy atom. The smallest absolute Gasteiger partial charge is 0.314 e. The molecule has 1 aliphatic heterocycles. The van der Waals surface area contributed by atoms with Crippen molar-refractivity contribution in [1.29, 1.82) is 0 Å². The SMILES string of the molecule is C[C@H](NC(=O)[C@@H]1CCCN(C(N)=O)C1)c1ccc(Cl)s1. The summed E-state index contributed by atoms with van der Waals surface area (Å²) in [6.07, 6.45) is 1.59. The lowest BCUT2D eigenvalue weighted by Gasteiger charge is -2.31. The Morgan fingerprint density at radius 1 is 1.55 bits per heavy atom. The molecule has 1 fully saturated rings. The van der Waals surface area contributed by atoms with E-state index in [1.54, 1.807) is 0 Å². The molecule has 0 saturated carbocycles. The molecule has 2 heterocycles. The molecule has 0 aromatic carbocycles. The van der Waals surface area contributed by atoms with Crippen LogP contribution in [0.5, 0.6) is 0 Å². The summed E-state index contributed by atoms with van der Waals surface area (Å²) in [5.74, 6) is -0.220. The Balaban J connectivity index is 1.92. The predicted octanol–water partition coefficient (Wildman–Crippen LogP) is 2.37. The summed E-state index contributed by atoms with van der Waals surface area (Å²) in [7, 11) is 0. The van der Waals surface area contributed by atoms with Crippen LogP contribution in [-0.4, -0.2) is 29.9 Å². The standard InChI is InChI=1S/C13H18ClN3O2S/c1-8(10-4-5-11(14)20-10)16-12(18)9-3-2-6-17(7-9)13(15)19/h4-5,8-9H,2-3,6-7H2,1H3,(H2,15,19)(H,16,18)/t8-,9+/m0/s1. The minimum absolute atomic E-state index is 0.0343. The number of thiophene rings is 1. The number of urea groups is 1. The number of primary amides is 1. The predicted molar refractivity (Wildman–Crippen MR) is 79.8 cm³/mol. The van der Waals surface area contributed by atoms with E-state index < -0.39 is 6.03 Å². The summed E-state index contributed by atoms with van der Waals surface area (Å²) in [5, 5.41) is 2.97. The Morgan fingerprint density at radius 2 is 2.30 bits per heavy atom. The Hall–Kier alpha value is -1.27. The van der Waals surface area contributed by atoms with Crippen LogP contribution in [0.25, 0.3) is 0 Å². The summed E-state index contributed by atoms with van der Waals surface area (Å²) in [6, 6.07) is 3.19. The van der Waals surface area contributed by atoms with Gasteiger partial charge in [0.2, 0.25) is 5.91 Å². The number of hydrogen-bond acceptors (Lipinski definition) is 3. The number of amides is 3. The molecule has 2 rings (SSSR count). The molecule has 5 nitrogen and oxygen atoms in total. The van der Waals surface area contributed by atoms with Crippen LogP contribution >= 0.6 is 22.9 Å². The molecule has 0 radical (unpaired) electrons. The van der Waals surface area contributed by atoms with Gasteiger partial charge in [-0.2, -0.15) is 0 Å². The summed E-state index contributed by atoms with van der Waals surface area (Å²) < 4.78 is 0.707. The van der Waals surface area contributed by atoms with E-state index in [9.17, 15) is 9.59 Å². The van der Waals surface area contributed by atoms with Gasteiger partial charge in [-0.25, -0.2) is 4.79 Å². The van der Waals surface area contributed by atoms with E-state index in [2.05, 4.69) is 5.32 Å². The maximum absolute atomic E-state index is 12.2. The normalized spacial score (nSPS) is 20.5. The van der Waals surface area contributed by atoms with Crippen molar-refractivity contribution >= 4 is 34.9 Å². The lowest BCUT2D eigenvalue weighted by molar-refractivity contribution is -0.126. The van der Waals surface area contributed by atoms with Gasteiger partial charge in [0.05, 0.1) is 16.3 Å². The van der Waals surface area contributed by atoms with Crippen LogP contribution in [0.2, 0.25) is 4.34 Å². The van der Waals surface area contributed by atoms with E-state index >= 15 is 0 Å². The first-order valence-electron chi connectivity index (χ1n) is 6.57. The molecule has 0 bridgehead atoms. The van der Waals surface area contributed by atoms with Crippen molar-refractivity contribution < 1.29 is 9.59 Å². The fraction of sp³-hybridized carbons (Fsp3) is 0.538. The van der Waals surface area contributed by atoms with Gasteiger partial charge in [0, 0.05) is 18.0 Å². The van der Waals surface area contributed by atoms with Gasteiger partial charge in [-0.15, -0.1) is 11.3 Å². The van der Waals surface area contributed by atoms with Gasteiger partial charge in [-0.05, 0) is 31.9 Å². The van der Waals surface area contributed by atoms with Crippen LogP contribution in [0, 0.1) is 5.92 Å². The van der Waals surface area contributed by atoms with Crippen LogP contribution in [-0.2, 0) is 4.79 Å². The molecule has 0 unspecified atom stereocenters. The van der Waals surface area contributed by atoms with E-state index in [1.165, 1.54) is 16.2 Å². The van der Waals surface area contributed by atoms with Crippen LogP contribution in [0.15, 0.2) is 12.1 Å². The van der Waals surface area contributed by atoms with E-state index in [1.807, 2.05) is 19.1 Å². The summed E-state index contributed by atoms with van der Waals surface area (Å²) in [4.78, 5) is 26.0. The van der Waals surface area contributed by atoms with Crippen molar-refractivity contribution in [1.82, 2.24) is 10.2 Å². The average molecular weight is 316 g/mol. The molecule has 0 aliphatic carbocycles. The molecular formula is C13H18ClN3O2S. The van der Waals surface area contributed by atoms with Gasteiger partial charge in [0.15, 0.2) is 0 Å². The topological polar surface area (TPSA) is 75.4 Å². The number of carbonyl (C=O) groups excluding carboxylic acids is 2. The second-order valence-corrected chi connectivity index (χ2v) is 6.74. The Labute approximate surface area is 127 Å². The fourth-order valence-electron chi connectivity index (χ4n) is 2.35. The molecule has 1 aromatic heterocycles. The van der Waals surface area contributed by atoms with Gasteiger partial charge < -0.3 is 16.0 Å². The molecule has 1 aromatic rings. The molecule has 3 amide bonds. The van der Waals surface area contributed by atoms with Crippen molar-refractivity contribution in [3.05, 3.63) is 21.3 Å². The number of nitrogens with one attached hydrogen (secondary N) is 1. The molecular weight excluding hydrogens is 298 g/mol. The minimum Gasteiger partial charge on any atom is -0.351 e. The van der Waals surface area contributed by atoms with Crippen LogP contribution < -0.4 is 11.1 Å². The van der Waals surface area contributed by atoms with Crippen molar-refractivity contribution in [2.24, 2.45) is 11.7 Å². The van der Waals surface area contributed by atoms with Crippen LogP contribution in [0.1, 0.15) is 30.7 Å². The first-order valence-corrected chi connectivity index (χ1v) is 7.77. The third kappa shape index (κ3) is 3.64. The second-order valence-electron chi connectivity index (χ2n) is 5.00. The van der Waals surface area contributed by atoms with Gasteiger partial charge in [0.1, 0.15) is 0 Å². The zero-order valence-corrected chi connectivity index (χ0v) is 12.8. The highest BCUT2D eigenvalue weighted by Crippen LogP contribution is 2.27. The molecule has 1 aliphatic rings. The second kappa shape index (κ2) is 6.45. The van der Waals surface area contributed by atoms with Crippen LogP contribution in [0.3, 0.4) is 0 Å². The molecule has 110 valence electrons. The molecule has 7 heteroatoms. The average Bonchev–Trinajstić information content (AvgIpc) is 2.85. The maximum Gasteiger partial charge on any atom is 0.314 e. The third-order valence-corrected chi connectivity index (χ3v) is 4.90. The van der Waals surface area contributed by atoms with Crippen molar-refractivity contribution in [3.63, 3.8) is 0 Å². The largest absolute Gasteiger partial charge is 0.351 e. The number of likely N-dealkylation sites (tertiary alicyclic amines) is 1. The number of nitrogens with zero attached hydrogens (tertiary/aromatic N) is 1. The van der Waals surface area contributed by atoms with Gasteiger partial charge >= 0.3 is 6.03 Å². The number of nitrogens with two attached hydrogens (primary N) is 1. The van der Waals surface area contributed by atoms with E-state index in [0.717, 1.165) is 17.7 Å². The van der Waals surface area contributed by atoms with E-state index in [-0.39, 0.29) is 17.9 Å². The number of rotatable bonds is 3.